The molecule has 2 aliphatic heterocycles. The molecule has 7 nitrogen and oxygen atoms in total. The normalized spacial score (nSPS) is 23.7. The molecule has 1 N–H and O–H groups in total. The Morgan fingerprint density at radius 1 is 0.935 bits per heavy atom. The number of piperidine rings is 1. The van der Waals surface area contributed by atoms with Gasteiger partial charge in [0.1, 0.15) is 11.3 Å². The van der Waals surface area contributed by atoms with Gasteiger partial charge in [0.25, 0.3) is 5.78 Å². The summed E-state index contributed by atoms with van der Waals surface area (Å²) in [6.45, 7) is 0.953. The van der Waals surface area contributed by atoms with E-state index in [9.17, 15) is 19.5 Å². The second-order valence-corrected chi connectivity index (χ2v) is 7.61. The van der Waals surface area contributed by atoms with Crippen molar-refractivity contribution < 1.29 is 24.2 Å². The van der Waals surface area contributed by atoms with E-state index in [2.05, 4.69) is 0 Å². The minimum absolute atomic E-state index is 0.263. The van der Waals surface area contributed by atoms with Crippen molar-refractivity contribution in [3.8, 4) is 0 Å². The van der Waals surface area contributed by atoms with Crippen LogP contribution in [-0.4, -0.2) is 53.5 Å². The number of esters is 1. The number of anilines is 1. The zero-order valence-electron chi connectivity index (χ0n) is 17.3. The molecule has 0 bridgehead atoms. The molecule has 0 unspecified atom stereocenters. The second kappa shape index (κ2) is 8.35. The van der Waals surface area contributed by atoms with Crippen LogP contribution in [0.25, 0.3) is 5.76 Å². The van der Waals surface area contributed by atoms with Crippen LogP contribution in [0.2, 0.25) is 0 Å². The summed E-state index contributed by atoms with van der Waals surface area (Å²) in [7, 11) is 1.22. The number of carbonyl (C=O) groups excluding carboxylic acids is 3. The number of aliphatic hydroxyl groups is 1. The van der Waals surface area contributed by atoms with Crippen LogP contribution < -0.4 is 4.90 Å². The van der Waals surface area contributed by atoms with Crippen LogP contribution in [0.1, 0.15) is 24.8 Å². The average molecular weight is 420 g/mol. The molecule has 1 atom stereocenters. The molecule has 31 heavy (non-hydrogen) atoms. The second-order valence-electron chi connectivity index (χ2n) is 7.61. The number of carbonyl (C=O) groups is 3. The molecule has 7 heteroatoms. The molecule has 2 aromatic carbocycles. The van der Waals surface area contributed by atoms with Gasteiger partial charge in [-0.15, -0.1) is 0 Å². The van der Waals surface area contributed by atoms with Gasteiger partial charge in [0.2, 0.25) is 5.66 Å². The van der Waals surface area contributed by atoms with Gasteiger partial charge in [0.15, 0.2) is 0 Å². The topological polar surface area (TPSA) is 87.1 Å². The lowest BCUT2D eigenvalue weighted by molar-refractivity contribution is -0.153. The van der Waals surface area contributed by atoms with Gasteiger partial charge < -0.3 is 9.84 Å². The number of aliphatic hydroxyl groups excluding tert-OH is 1. The zero-order valence-corrected chi connectivity index (χ0v) is 17.3. The van der Waals surface area contributed by atoms with E-state index in [1.54, 1.807) is 65.6 Å². The Morgan fingerprint density at radius 3 is 2.10 bits per heavy atom. The smallest absolute Gasteiger partial charge is 0.352 e. The Morgan fingerprint density at radius 2 is 1.52 bits per heavy atom. The van der Waals surface area contributed by atoms with Gasteiger partial charge in [-0.05, 0) is 25.0 Å². The number of ketones is 1. The van der Waals surface area contributed by atoms with E-state index >= 15 is 0 Å². The van der Waals surface area contributed by atoms with Crippen molar-refractivity contribution in [2.24, 2.45) is 0 Å². The Kier molecular flexibility index (Phi) is 5.61. The maximum absolute atomic E-state index is 13.5. The van der Waals surface area contributed by atoms with Gasteiger partial charge in [-0.25, -0.2) is 4.79 Å². The first kappa shape index (κ1) is 20.8. The number of Topliss-reactive ketones (excluding diaryl/α,β-unsaturated/α-hetero) is 1. The van der Waals surface area contributed by atoms with Crippen molar-refractivity contribution >= 4 is 29.1 Å². The van der Waals surface area contributed by atoms with Gasteiger partial charge in [0.05, 0.1) is 7.11 Å². The van der Waals surface area contributed by atoms with Gasteiger partial charge in [-0.2, -0.15) is 0 Å². The van der Waals surface area contributed by atoms with Gasteiger partial charge in [-0.1, -0.05) is 55.0 Å². The van der Waals surface area contributed by atoms with Crippen LogP contribution in [0.5, 0.6) is 0 Å². The number of rotatable bonds is 4. The molecule has 2 heterocycles. The molecular weight excluding hydrogens is 396 g/mol. The number of methoxy groups -OCH3 is 1. The third-order valence-corrected chi connectivity index (χ3v) is 5.88. The predicted octanol–water partition coefficient (Wildman–Crippen LogP) is 2.93. The summed E-state index contributed by atoms with van der Waals surface area (Å²) in [5.41, 5.74) is -1.42. The minimum atomic E-state index is -1.88. The summed E-state index contributed by atoms with van der Waals surface area (Å²) < 4.78 is 5.18. The third-order valence-electron chi connectivity index (χ3n) is 5.88. The van der Waals surface area contributed by atoms with E-state index in [1.807, 2.05) is 0 Å². The fourth-order valence-electron chi connectivity index (χ4n) is 4.50. The SMILES string of the molecule is COC(=O)[C@@]1(N2CCCCC2)C(=C(O)c2ccccc2)C(=O)C(=O)N1c1ccccc1. The van der Waals surface area contributed by atoms with E-state index in [0.717, 1.165) is 19.3 Å². The van der Waals surface area contributed by atoms with Crippen molar-refractivity contribution in [1.29, 1.82) is 0 Å². The number of nitrogens with zero attached hydrogens (tertiary/aromatic N) is 2. The quantitative estimate of drug-likeness (QED) is 0.354. The Hall–Kier alpha value is -3.45. The zero-order chi connectivity index (χ0) is 22.0. The molecule has 160 valence electrons. The maximum Gasteiger partial charge on any atom is 0.352 e. The number of para-hydroxylation sites is 1. The van der Waals surface area contributed by atoms with Crippen molar-refractivity contribution in [3.05, 3.63) is 71.8 Å². The third kappa shape index (κ3) is 3.21. The van der Waals surface area contributed by atoms with Crippen LogP contribution in [0.4, 0.5) is 5.69 Å². The molecule has 0 aromatic heterocycles. The minimum Gasteiger partial charge on any atom is -0.507 e. The maximum atomic E-state index is 13.5. The highest BCUT2D eigenvalue weighted by atomic mass is 16.5. The van der Waals surface area contributed by atoms with Crippen LogP contribution in [0.3, 0.4) is 0 Å². The summed E-state index contributed by atoms with van der Waals surface area (Å²) in [6.07, 6.45) is 2.57. The molecule has 0 aliphatic carbocycles. The molecule has 2 aliphatic rings. The highest BCUT2D eigenvalue weighted by Gasteiger charge is 2.66. The van der Waals surface area contributed by atoms with Crippen LogP contribution in [-0.2, 0) is 19.1 Å². The summed E-state index contributed by atoms with van der Waals surface area (Å²) >= 11 is 0. The predicted molar refractivity (Wildman–Crippen MR) is 115 cm³/mol. The van der Waals surface area contributed by atoms with Crippen molar-refractivity contribution in [3.63, 3.8) is 0 Å². The molecule has 0 saturated carbocycles. The number of hydrogen-bond donors (Lipinski definition) is 1. The van der Waals surface area contributed by atoms with E-state index < -0.39 is 29.1 Å². The fourth-order valence-corrected chi connectivity index (χ4v) is 4.50. The summed E-state index contributed by atoms with van der Waals surface area (Å²) in [4.78, 5) is 43.1. The highest BCUT2D eigenvalue weighted by Crippen LogP contribution is 2.44. The number of benzene rings is 2. The van der Waals surface area contributed by atoms with Crippen LogP contribution >= 0.6 is 0 Å². The Bertz CT molecular complexity index is 1030. The molecule has 4 rings (SSSR count). The molecule has 2 aromatic rings. The molecule has 2 fully saturated rings. The van der Waals surface area contributed by atoms with Crippen LogP contribution in [0.15, 0.2) is 66.2 Å². The monoisotopic (exact) mass is 420 g/mol. The number of hydrogen-bond acceptors (Lipinski definition) is 6. The van der Waals surface area contributed by atoms with Crippen LogP contribution in [0, 0.1) is 0 Å². The van der Waals surface area contributed by atoms with E-state index in [-0.39, 0.29) is 5.57 Å². The van der Waals surface area contributed by atoms with E-state index in [0.29, 0.717) is 24.3 Å². The molecule has 1 amide bonds. The summed E-state index contributed by atoms with van der Waals surface area (Å²) in [5, 5.41) is 11.2. The van der Waals surface area contributed by atoms with Crippen molar-refractivity contribution in [2.45, 2.75) is 24.9 Å². The Labute approximate surface area is 180 Å². The van der Waals surface area contributed by atoms with E-state index in [1.165, 1.54) is 12.0 Å². The lowest BCUT2D eigenvalue weighted by Crippen LogP contribution is -2.66. The number of amides is 1. The first-order valence-electron chi connectivity index (χ1n) is 10.3. The van der Waals surface area contributed by atoms with E-state index in [4.69, 9.17) is 4.74 Å². The van der Waals surface area contributed by atoms with Gasteiger partial charge in [0, 0.05) is 24.3 Å². The largest absolute Gasteiger partial charge is 0.507 e. The van der Waals surface area contributed by atoms with Crippen molar-refractivity contribution in [2.75, 3.05) is 25.1 Å². The average Bonchev–Trinajstić information content (AvgIpc) is 3.07. The standard InChI is InChI=1S/C24H24N2O5/c1-31-23(30)24(25-15-9-4-10-16-25)19(20(27)17-11-5-2-6-12-17)21(28)22(29)26(24)18-13-7-3-8-14-18/h2-3,5-8,11-14,27H,4,9-10,15-16H2,1H3/t24-/m1/s1. The van der Waals surface area contributed by atoms with Gasteiger partial charge >= 0.3 is 11.9 Å². The van der Waals surface area contributed by atoms with Gasteiger partial charge in [-0.3, -0.25) is 19.4 Å². The first-order valence-corrected chi connectivity index (χ1v) is 10.3. The lowest BCUT2D eigenvalue weighted by atomic mass is 9.91. The first-order chi connectivity index (χ1) is 15.0. The molecular formula is C24H24N2O5. The molecule has 2 saturated heterocycles. The number of ether oxygens (including phenoxy) is 1. The lowest BCUT2D eigenvalue weighted by Gasteiger charge is -2.45. The van der Waals surface area contributed by atoms with Crippen molar-refractivity contribution in [1.82, 2.24) is 4.90 Å². The highest BCUT2D eigenvalue weighted by molar-refractivity contribution is 6.54. The summed E-state index contributed by atoms with van der Waals surface area (Å²) in [6, 6.07) is 17.0. The molecule has 0 radical (unpaired) electrons. The Balaban J connectivity index is 2.06. The fraction of sp³-hybridized carbons (Fsp3) is 0.292. The molecule has 0 spiro atoms. The number of likely N-dealkylation sites (tertiary alicyclic amines) is 1. The summed E-state index contributed by atoms with van der Waals surface area (Å²) in [5.74, 6) is -2.97.